The summed E-state index contributed by atoms with van der Waals surface area (Å²) in [5.74, 6) is -0.256. The summed E-state index contributed by atoms with van der Waals surface area (Å²) < 4.78 is 27.7. The third kappa shape index (κ3) is 7.12. The Balaban J connectivity index is 1.33. The molecular weight excluding hydrogens is 582 g/mol. The molecule has 1 amide bonds. The number of hydrogen-bond acceptors (Lipinski definition) is 8. The first-order valence-corrected chi connectivity index (χ1v) is 14.7. The van der Waals surface area contributed by atoms with Gasteiger partial charge < -0.3 is 18.9 Å². The molecule has 1 aliphatic heterocycles. The van der Waals surface area contributed by atoms with Crippen molar-refractivity contribution in [2.45, 2.75) is 51.3 Å². The fourth-order valence-electron chi connectivity index (χ4n) is 5.13. The number of halogens is 1. The third-order valence-electron chi connectivity index (χ3n) is 7.19. The number of fused-ring (bicyclic) bond motifs is 1. The van der Waals surface area contributed by atoms with E-state index in [1.54, 1.807) is 10.9 Å². The zero-order valence-electron chi connectivity index (χ0n) is 24.1. The minimum Gasteiger partial charge on any atom is -0.374 e. The van der Waals surface area contributed by atoms with Crippen molar-refractivity contribution < 1.29 is 23.7 Å². The number of carbonyl (C=O) groups excluding carboxylic acids is 1. The highest BCUT2D eigenvalue weighted by molar-refractivity contribution is 6.33. The lowest BCUT2D eigenvalue weighted by Gasteiger charge is -2.25. The van der Waals surface area contributed by atoms with Crippen molar-refractivity contribution in [3.05, 3.63) is 119 Å². The van der Waals surface area contributed by atoms with E-state index < -0.39 is 24.5 Å². The molecule has 0 saturated carbocycles. The second kappa shape index (κ2) is 14.1. The van der Waals surface area contributed by atoms with Gasteiger partial charge in [-0.1, -0.05) is 103 Å². The molecule has 1 fully saturated rings. The number of benzene rings is 3. The van der Waals surface area contributed by atoms with Crippen LogP contribution in [0.1, 0.15) is 29.8 Å². The molecule has 3 heterocycles. The predicted molar refractivity (Wildman–Crippen MR) is 165 cm³/mol. The van der Waals surface area contributed by atoms with E-state index in [0.29, 0.717) is 31.0 Å². The molecule has 11 heteroatoms. The van der Waals surface area contributed by atoms with Crippen molar-refractivity contribution in [3.8, 4) is 0 Å². The highest BCUT2D eigenvalue weighted by Crippen LogP contribution is 2.37. The summed E-state index contributed by atoms with van der Waals surface area (Å²) in [4.78, 5) is 24.9. The van der Waals surface area contributed by atoms with Gasteiger partial charge >= 0.3 is 0 Å². The molecule has 0 aliphatic carbocycles. The average Bonchev–Trinajstić information content (AvgIpc) is 3.61. The van der Waals surface area contributed by atoms with Gasteiger partial charge in [-0.3, -0.25) is 14.7 Å². The molecule has 5 aromatic rings. The average molecular weight is 614 g/mol. The number of amides is 1. The van der Waals surface area contributed by atoms with Crippen molar-refractivity contribution in [2.75, 3.05) is 11.9 Å². The van der Waals surface area contributed by atoms with Crippen LogP contribution in [0.4, 0.5) is 5.95 Å². The van der Waals surface area contributed by atoms with Crippen LogP contribution in [0.15, 0.2) is 97.3 Å². The Bertz CT molecular complexity index is 1670. The maximum Gasteiger partial charge on any atom is 0.232 e. The highest BCUT2D eigenvalue weighted by atomic mass is 35.5. The van der Waals surface area contributed by atoms with Crippen molar-refractivity contribution in [3.63, 3.8) is 0 Å². The van der Waals surface area contributed by atoms with E-state index in [-0.39, 0.29) is 23.6 Å². The molecule has 44 heavy (non-hydrogen) atoms. The number of hydrogen-bond donors (Lipinski definition) is 1. The largest absolute Gasteiger partial charge is 0.374 e. The van der Waals surface area contributed by atoms with Gasteiger partial charge in [-0.25, -0.2) is 4.98 Å². The summed E-state index contributed by atoms with van der Waals surface area (Å²) >= 11 is 6.45. The Morgan fingerprint density at radius 1 is 0.841 bits per heavy atom. The number of anilines is 1. The van der Waals surface area contributed by atoms with Gasteiger partial charge in [0, 0.05) is 6.92 Å². The standard InChI is InChI=1S/C33H32ClN5O5/c1-22(40)36-33-37-30(34)27-31(38-33)39(21-35-27)32-29(43-19-25-15-9-4-10-16-25)28(42-18-24-13-7-3-8-14-24)26(44-32)20-41-17-23-11-5-2-6-12-23/h2-16,21,26,28-29,32H,17-20H2,1H3,(H,36,37,38,40)/t26-,28-,29+,32-/m1/s1. The van der Waals surface area contributed by atoms with Gasteiger partial charge in [0.1, 0.15) is 23.8 Å². The zero-order valence-corrected chi connectivity index (χ0v) is 24.8. The monoisotopic (exact) mass is 613 g/mol. The quantitative estimate of drug-likeness (QED) is 0.178. The molecule has 2 aromatic heterocycles. The molecule has 0 unspecified atom stereocenters. The topological polar surface area (TPSA) is 110 Å². The fourth-order valence-corrected chi connectivity index (χ4v) is 5.34. The van der Waals surface area contributed by atoms with Crippen LogP contribution in [-0.4, -0.2) is 50.3 Å². The molecule has 0 bridgehead atoms. The van der Waals surface area contributed by atoms with Gasteiger partial charge in [-0.05, 0) is 16.7 Å². The maximum absolute atomic E-state index is 11.8. The number of carbonyl (C=O) groups is 1. The number of imidazole rings is 1. The van der Waals surface area contributed by atoms with Gasteiger partial charge in [0.25, 0.3) is 0 Å². The minimum absolute atomic E-state index is 0.0659. The molecule has 3 aromatic carbocycles. The van der Waals surface area contributed by atoms with E-state index >= 15 is 0 Å². The highest BCUT2D eigenvalue weighted by Gasteiger charge is 2.48. The molecule has 10 nitrogen and oxygen atoms in total. The molecule has 4 atom stereocenters. The van der Waals surface area contributed by atoms with E-state index in [2.05, 4.69) is 20.3 Å². The summed E-state index contributed by atoms with van der Waals surface area (Å²) in [5, 5.41) is 2.71. The maximum atomic E-state index is 11.8. The molecule has 6 rings (SSSR count). The van der Waals surface area contributed by atoms with Crippen molar-refractivity contribution in [1.29, 1.82) is 0 Å². The predicted octanol–water partition coefficient (Wildman–Crippen LogP) is 5.72. The van der Waals surface area contributed by atoms with E-state index in [0.717, 1.165) is 16.7 Å². The smallest absolute Gasteiger partial charge is 0.232 e. The Kier molecular flexibility index (Phi) is 9.55. The first kappa shape index (κ1) is 29.9. The van der Waals surface area contributed by atoms with Gasteiger partial charge in [0.15, 0.2) is 17.0 Å². The summed E-state index contributed by atoms with van der Waals surface area (Å²) in [6.07, 6.45) is -0.694. The normalized spacial score (nSPS) is 19.8. The SMILES string of the molecule is CC(=O)Nc1nc(Cl)c2ncn([C@@H]3O[C@H](COCc4ccccc4)[C@@H](OCc4ccccc4)[C@@H]3OCc3ccccc3)c2n1. The van der Waals surface area contributed by atoms with Gasteiger partial charge in [-0.15, -0.1) is 0 Å². The van der Waals surface area contributed by atoms with Crippen molar-refractivity contribution >= 4 is 34.6 Å². The van der Waals surface area contributed by atoms with Gasteiger partial charge in [0.2, 0.25) is 11.9 Å². The van der Waals surface area contributed by atoms with Crippen LogP contribution in [0.3, 0.4) is 0 Å². The molecule has 0 spiro atoms. The van der Waals surface area contributed by atoms with Gasteiger partial charge in [-0.2, -0.15) is 9.97 Å². The van der Waals surface area contributed by atoms with Crippen LogP contribution in [-0.2, 0) is 43.6 Å². The van der Waals surface area contributed by atoms with Crippen LogP contribution in [0, 0.1) is 0 Å². The zero-order chi connectivity index (χ0) is 30.3. The summed E-state index contributed by atoms with van der Waals surface area (Å²) in [5.41, 5.74) is 3.84. The molecule has 1 N–H and O–H groups in total. The molecular formula is C33H32ClN5O5. The Morgan fingerprint density at radius 2 is 1.41 bits per heavy atom. The minimum atomic E-state index is -0.703. The van der Waals surface area contributed by atoms with Crippen molar-refractivity contribution in [1.82, 2.24) is 19.5 Å². The molecule has 0 radical (unpaired) electrons. The summed E-state index contributed by atoms with van der Waals surface area (Å²) in [7, 11) is 0. The van der Waals surface area contributed by atoms with E-state index in [1.807, 2.05) is 91.0 Å². The number of aromatic nitrogens is 4. The van der Waals surface area contributed by atoms with Crippen LogP contribution in [0.5, 0.6) is 0 Å². The molecule has 226 valence electrons. The second-order valence-corrected chi connectivity index (χ2v) is 10.8. The first-order valence-electron chi connectivity index (χ1n) is 14.3. The van der Waals surface area contributed by atoms with Crippen molar-refractivity contribution in [2.24, 2.45) is 0 Å². The molecule has 1 saturated heterocycles. The lowest BCUT2D eigenvalue weighted by Crippen LogP contribution is -2.38. The van der Waals surface area contributed by atoms with E-state index in [4.69, 9.17) is 30.5 Å². The van der Waals surface area contributed by atoms with Crippen LogP contribution < -0.4 is 5.32 Å². The summed E-state index contributed by atoms with van der Waals surface area (Å²) in [6, 6.07) is 29.8. The van der Waals surface area contributed by atoms with Crippen LogP contribution >= 0.6 is 11.6 Å². The molecule has 1 aliphatic rings. The van der Waals surface area contributed by atoms with Gasteiger partial charge in [0.05, 0.1) is 32.8 Å². The van der Waals surface area contributed by atoms with E-state index in [9.17, 15) is 4.79 Å². The fraction of sp³-hybridized carbons (Fsp3) is 0.273. The Morgan fingerprint density at radius 3 is 2.00 bits per heavy atom. The first-order chi connectivity index (χ1) is 21.5. The Labute approximate surface area is 259 Å². The lowest BCUT2D eigenvalue weighted by molar-refractivity contribution is -0.114. The number of ether oxygens (including phenoxy) is 4. The summed E-state index contributed by atoms with van der Waals surface area (Å²) in [6.45, 7) is 2.74. The van der Waals surface area contributed by atoms with E-state index in [1.165, 1.54) is 6.92 Å². The number of nitrogens with zero attached hydrogens (tertiary/aromatic N) is 4. The second-order valence-electron chi connectivity index (χ2n) is 10.4. The third-order valence-corrected chi connectivity index (χ3v) is 7.45. The Hall–Kier alpha value is -4.19. The lowest BCUT2D eigenvalue weighted by atomic mass is 10.1. The number of nitrogens with one attached hydrogen (secondary N) is 1. The van der Waals surface area contributed by atoms with Crippen LogP contribution in [0.2, 0.25) is 5.15 Å². The number of rotatable bonds is 12. The van der Waals surface area contributed by atoms with Crippen LogP contribution in [0.25, 0.3) is 11.2 Å².